The standard InChI is InChI=1S/C20H28N4O3S2.HI/c1-3-21-20(23-13-5-12-22-19(25)18-6-4-15-28-18)24-14-11-16-7-9-17(10-8-16)29(2,26)27;/h4,6-10,15H,3,5,11-14H2,1-2H3,(H,22,25)(H2,21,23,24);1H. The molecule has 0 spiro atoms. The normalized spacial score (nSPS) is 11.5. The molecule has 1 amide bonds. The minimum absolute atomic E-state index is 0. The van der Waals surface area contributed by atoms with E-state index in [1.54, 1.807) is 18.2 Å². The molecule has 0 bridgehead atoms. The average Bonchev–Trinajstić information content (AvgIpc) is 3.22. The topological polar surface area (TPSA) is 99.7 Å². The number of sulfone groups is 1. The predicted octanol–water partition coefficient (Wildman–Crippen LogP) is 2.69. The maximum atomic E-state index is 11.9. The van der Waals surface area contributed by atoms with Gasteiger partial charge in [-0.1, -0.05) is 18.2 Å². The number of thiophene rings is 1. The first-order valence-electron chi connectivity index (χ1n) is 9.53. The lowest BCUT2D eigenvalue weighted by atomic mass is 10.1. The Balaban J connectivity index is 0.00000450. The van der Waals surface area contributed by atoms with Crippen molar-refractivity contribution in [1.29, 1.82) is 0 Å². The summed E-state index contributed by atoms with van der Waals surface area (Å²) < 4.78 is 23.0. The van der Waals surface area contributed by atoms with Gasteiger partial charge >= 0.3 is 0 Å². The molecule has 166 valence electrons. The van der Waals surface area contributed by atoms with E-state index in [0.717, 1.165) is 30.9 Å². The van der Waals surface area contributed by atoms with Gasteiger partial charge in [0, 0.05) is 32.4 Å². The molecule has 2 rings (SSSR count). The number of hydrogen-bond donors (Lipinski definition) is 3. The number of carbonyl (C=O) groups excluding carboxylic acids is 1. The average molecular weight is 565 g/mol. The van der Waals surface area contributed by atoms with E-state index in [-0.39, 0.29) is 29.9 Å². The van der Waals surface area contributed by atoms with Crippen molar-refractivity contribution in [2.75, 3.05) is 32.4 Å². The molecule has 0 radical (unpaired) electrons. The molecule has 2 aromatic rings. The zero-order chi connectivity index (χ0) is 21.1. The Kier molecular flexibility index (Phi) is 12.0. The Labute approximate surface area is 199 Å². The van der Waals surface area contributed by atoms with Crippen LogP contribution in [-0.2, 0) is 16.3 Å². The van der Waals surface area contributed by atoms with Gasteiger partial charge in [0.25, 0.3) is 5.91 Å². The molecule has 1 heterocycles. The maximum absolute atomic E-state index is 11.9. The summed E-state index contributed by atoms with van der Waals surface area (Å²) >= 11 is 1.43. The molecule has 0 unspecified atom stereocenters. The van der Waals surface area contributed by atoms with Crippen LogP contribution in [0.25, 0.3) is 0 Å². The van der Waals surface area contributed by atoms with Crippen LogP contribution in [0, 0.1) is 0 Å². The van der Waals surface area contributed by atoms with E-state index in [4.69, 9.17) is 0 Å². The summed E-state index contributed by atoms with van der Waals surface area (Å²) in [5, 5.41) is 11.2. The molecule has 10 heteroatoms. The fourth-order valence-electron chi connectivity index (χ4n) is 2.54. The van der Waals surface area contributed by atoms with Gasteiger partial charge in [0.15, 0.2) is 15.8 Å². The summed E-state index contributed by atoms with van der Waals surface area (Å²) in [6.07, 6.45) is 2.71. The third-order valence-electron chi connectivity index (χ3n) is 4.04. The van der Waals surface area contributed by atoms with Gasteiger partial charge in [0.1, 0.15) is 0 Å². The van der Waals surface area contributed by atoms with Gasteiger partial charge in [0.2, 0.25) is 0 Å². The van der Waals surface area contributed by atoms with Gasteiger partial charge in [-0.25, -0.2) is 8.42 Å². The second-order valence-corrected chi connectivity index (χ2v) is 9.40. The van der Waals surface area contributed by atoms with Crippen LogP contribution in [0.2, 0.25) is 0 Å². The highest BCUT2D eigenvalue weighted by Crippen LogP contribution is 2.10. The summed E-state index contributed by atoms with van der Waals surface area (Å²) in [6, 6.07) is 10.6. The highest BCUT2D eigenvalue weighted by atomic mass is 127. The molecule has 0 aliphatic rings. The summed E-state index contributed by atoms with van der Waals surface area (Å²) in [4.78, 5) is 17.4. The van der Waals surface area contributed by atoms with E-state index >= 15 is 0 Å². The van der Waals surface area contributed by atoms with E-state index in [9.17, 15) is 13.2 Å². The summed E-state index contributed by atoms with van der Waals surface area (Å²) in [7, 11) is -3.16. The molecule has 0 aliphatic carbocycles. The predicted molar refractivity (Wildman–Crippen MR) is 134 cm³/mol. The minimum Gasteiger partial charge on any atom is -0.357 e. The zero-order valence-electron chi connectivity index (χ0n) is 17.2. The molecule has 0 saturated heterocycles. The number of nitrogens with zero attached hydrogens (tertiary/aromatic N) is 1. The van der Waals surface area contributed by atoms with Crippen molar-refractivity contribution in [2.24, 2.45) is 4.99 Å². The molecule has 3 N–H and O–H groups in total. The third-order valence-corrected chi connectivity index (χ3v) is 6.03. The van der Waals surface area contributed by atoms with E-state index in [1.165, 1.54) is 17.6 Å². The van der Waals surface area contributed by atoms with Crippen molar-refractivity contribution >= 4 is 57.0 Å². The Morgan fingerprint density at radius 3 is 2.40 bits per heavy atom. The zero-order valence-corrected chi connectivity index (χ0v) is 21.1. The van der Waals surface area contributed by atoms with Crippen LogP contribution < -0.4 is 16.0 Å². The number of hydrogen-bond acceptors (Lipinski definition) is 5. The fraction of sp³-hybridized carbons (Fsp3) is 0.400. The van der Waals surface area contributed by atoms with Crippen LogP contribution in [0.4, 0.5) is 0 Å². The van der Waals surface area contributed by atoms with Crippen molar-refractivity contribution < 1.29 is 13.2 Å². The lowest BCUT2D eigenvalue weighted by Crippen LogP contribution is -2.38. The van der Waals surface area contributed by atoms with E-state index in [0.29, 0.717) is 29.4 Å². The van der Waals surface area contributed by atoms with Gasteiger partial charge in [0.05, 0.1) is 9.77 Å². The number of aliphatic imine (C=N–C) groups is 1. The molecule has 1 aromatic heterocycles. The van der Waals surface area contributed by atoms with Gasteiger partial charge < -0.3 is 16.0 Å². The Bertz CT molecular complexity index is 899. The molecule has 0 atom stereocenters. The van der Waals surface area contributed by atoms with Gasteiger partial charge in [-0.15, -0.1) is 35.3 Å². The van der Waals surface area contributed by atoms with Crippen LogP contribution in [0.15, 0.2) is 51.7 Å². The number of benzene rings is 1. The highest BCUT2D eigenvalue weighted by Gasteiger charge is 2.06. The maximum Gasteiger partial charge on any atom is 0.261 e. The van der Waals surface area contributed by atoms with Crippen LogP contribution in [-0.4, -0.2) is 52.7 Å². The summed E-state index contributed by atoms with van der Waals surface area (Å²) in [5.41, 5.74) is 1.05. The first kappa shape index (κ1) is 26.4. The highest BCUT2D eigenvalue weighted by molar-refractivity contribution is 14.0. The van der Waals surface area contributed by atoms with Crippen LogP contribution in [0.3, 0.4) is 0 Å². The third kappa shape index (κ3) is 9.43. The van der Waals surface area contributed by atoms with Crippen molar-refractivity contribution in [3.63, 3.8) is 0 Å². The monoisotopic (exact) mass is 564 g/mol. The molecule has 0 aliphatic heterocycles. The van der Waals surface area contributed by atoms with Crippen LogP contribution in [0.1, 0.15) is 28.6 Å². The minimum atomic E-state index is -3.16. The van der Waals surface area contributed by atoms with E-state index in [2.05, 4.69) is 20.9 Å². The largest absolute Gasteiger partial charge is 0.357 e. The Hall–Kier alpha value is -1.66. The van der Waals surface area contributed by atoms with Gasteiger partial charge in [-0.2, -0.15) is 0 Å². The van der Waals surface area contributed by atoms with Crippen LogP contribution >= 0.6 is 35.3 Å². The van der Waals surface area contributed by atoms with Crippen molar-refractivity contribution in [1.82, 2.24) is 16.0 Å². The SMILES string of the molecule is CCNC(=NCCCNC(=O)c1cccs1)NCCc1ccc(S(C)(=O)=O)cc1.I. The van der Waals surface area contributed by atoms with Crippen molar-refractivity contribution in [2.45, 2.75) is 24.7 Å². The number of halogens is 1. The smallest absolute Gasteiger partial charge is 0.261 e. The Morgan fingerprint density at radius 1 is 1.07 bits per heavy atom. The first-order valence-corrected chi connectivity index (χ1v) is 12.3. The second kappa shape index (κ2) is 13.6. The quantitative estimate of drug-likeness (QED) is 0.179. The number of guanidine groups is 1. The Morgan fingerprint density at radius 2 is 1.80 bits per heavy atom. The molecule has 0 fully saturated rings. The summed E-state index contributed by atoms with van der Waals surface area (Å²) in [6.45, 7) is 4.61. The van der Waals surface area contributed by atoms with Crippen molar-refractivity contribution in [3.05, 3.63) is 52.2 Å². The summed E-state index contributed by atoms with van der Waals surface area (Å²) in [5.74, 6) is 0.681. The lowest BCUT2D eigenvalue weighted by Gasteiger charge is -2.11. The number of amides is 1. The van der Waals surface area contributed by atoms with Crippen LogP contribution in [0.5, 0.6) is 0 Å². The molecule has 1 aromatic carbocycles. The van der Waals surface area contributed by atoms with Crippen molar-refractivity contribution in [3.8, 4) is 0 Å². The first-order chi connectivity index (χ1) is 13.9. The lowest BCUT2D eigenvalue weighted by molar-refractivity contribution is 0.0957. The molecule has 7 nitrogen and oxygen atoms in total. The van der Waals surface area contributed by atoms with E-state index in [1.807, 2.05) is 30.5 Å². The van der Waals surface area contributed by atoms with Gasteiger partial charge in [-0.3, -0.25) is 9.79 Å². The van der Waals surface area contributed by atoms with Gasteiger partial charge in [-0.05, 0) is 48.9 Å². The molecule has 30 heavy (non-hydrogen) atoms. The molecular weight excluding hydrogens is 535 g/mol. The number of carbonyl (C=O) groups is 1. The number of nitrogens with one attached hydrogen (secondary N) is 3. The molecular formula is C20H29IN4O3S2. The number of rotatable bonds is 10. The second-order valence-electron chi connectivity index (χ2n) is 6.44. The van der Waals surface area contributed by atoms with E-state index < -0.39 is 9.84 Å². The molecule has 0 saturated carbocycles. The fourth-order valence-corrected chi connectivity index (χ4v) is 3.81.